The van der Waals surface area contributed by atoms with Gasteiger partial charge in [0.15, 0.2) is 12.6 Å². The minimum Gasteiger partial charge on any atom is -0.466 e. The number of carbonyl (C=O) groups is 2. The Morgan fingerprint density at radius 2 is 1.17 bits per heavy atom. The maximum Gasteiger partial charge on any atom is 0.311 e. The molecular formula is C16H20O7. The number of carbonyl (C=O) groups excluding carboxylic acids is 2. The second kappa shape index (κ2) is 4.68. The van der Waals surface area contributed by atoms with Crippen molar-refractivity contribution in [2.24, 2.45) is 35.5 Å². The Bertz CT molecular complexity index is 515. The fraction of sp³-hybridized carbons (Fsp3) is 0.875. The van der Waals surface area contributed by atoms with Crippen molar-refractivity contribution < 1.29 is 33.3 Å². The molecule has 126 valence electrons. The second-order valence-electron chi connectivity index (χ2n) is 6.94. The lowest BCUT2D eigenvalue weighted by Gasteiger charge is -2.18. The van der Waals surface area contributed by atoms with Crippen LogP contribution in [0.1, 0.15) is 13.8 Å². The van der Waals surface area contributed by atoms with Crippen LogP contribution < -0.4 is 0 Å². The van der Waals surface area contributed by atoms with E-state index in [2.05, 4.69) is 0 Å². The zero-order valence-corrected chi connectivity index (χ0v) is 13.0. The molecule has 5 fully saturated rings. The fourth-order valence-electron chi connectivity index (χ4n) is 5.05. The quantitative estimate of drug-likeness (QED) is 0.689. The molecule has 5 aliphatic rings. The molecule has 2 aliphatic carbocycles. The van der Waals surface area contributed by atoms with E-state index in [0.29, 0.717) is 13.2 Å². The average molecular weight is 324 g/mol. The molecule has 0 radical (unpaired) electrons. The summed E-state index contributed by atoms with van der Waals surface area (Å²) < 4.78 is 27.8. The molecular weight excluding hydrogens is 304 g/mol. The van der Waals surface area contributed by atoms with Crippen molar-refractivity contribution in [3.63, 3.8) is 0 Å². The van der Waals surface area contributed by atoms with Crippen LogP contribution in [0, 0.1) is 35.5 Å². The lowest BCUT2D eigenvalue weighted by Crippen LogP contribution is -2.27. The Kier molecular flexibility index (Phi) is 2.88. The van der Waals surface area contributed by atoms with Gasteiger partial charge in [0, 0.05) is 23.7 Å². The second-order valence-corrected chi connectivity index (χ2v) is 6.94. The SMILES string of the molecule is CCOC(=O)C1[C@@H]2[C@@H]3[C@@H](O[C@H]4O[C@@H]5[C@H](C(=O)OCC)[C@@H]5[C@H]43)O[C@H]12. The van der Waals surface area contributed by atoms with Crippen LogP contribution in [0.3, 0.4) is 0 Å². The molecule has 3 heterocycles. The van der Waals surface area contributed by atoms with Crippen molar-refractivity contribution in [3.8, 4) is 0 Å². The van der Waals surface area contributed by atoms with E-state index in [1.165, 1.54) is 0 Å². The summed E-state index contributed by atoms with van der Waals surface area (Å²) in [5.41, 5.74) is 0. The molecule has 0 aromatic rings. The molecule has 2 saturated carbocycles. The van der Waals surface area contributed by atoms with Gasteiger partial charge in [-0.05, 0) is 13.8 Å². The van der Waals surface area contributed by atoms with E-state index in [4.69, 9.17) is 23.7 Å². The summed E-state index contributed by atoms with van der Waals surface area (Å²) in [5, 5.41) is 0. The highest BCUT2D eigenvalue weighted by Gasteiger charge is 2.79. The molecule has 1 unspecified atom stereocenters. The Morgan fingerprint density at radius 3 is 1.57 bits per heavy atom. The summed E-state index contributed by atoms with van der Waals surface area (Å²) in [5.74, 6) is -0.215. The van der Waals surface area contributed by atoms with Gasteiger partial charge in [-0.15, -0.1) is 0 Å². The zero-order valence-electron chi connectivity index (χ0n) is 13.0. The van der Waals surface area contributed by atoms with E-state index in [-0.39, 0.29) is 72.2 Å². The minimum absolute atomic E-state index is 0.0937. The van der Waals surface area contributed by atoms with Gasteiger partial charge < -0.3 is 23.7 Å². The van der Waals surface area contributed by atoms with Crippen molar-refractivity contribution >= 4 is 11.9 Å². The van der Waals surface area contributed by atoms with Crippen molar-refractivity contribution in [2.45, 2.75) is 38.6 Å². The summed E-state index contributed by atoms with van der Waals surface area (Å²) in [7, 11) is 0. The van der Waals surface area contributed by atoms with Crippen LogP contribution in [0.5, 0.6) is 0 Å². The van der Waals surface area contributed by atoms with E-state index in [0.717, 1.165) is 0 Å². The third kappa shape index (κ3) is 1.76. The highest BCUT2D eigenvalue weighted by atomic mass is 16.8. The summed E-state index contributed by atoms with van der Waals surface area (Å²) in [6.07, 6.45) is -0.808. The van der Waals surface area contributed by atoms with E-state index in [9.17, 15) is 9.59 Å². The van der Waals surface area contributed by atoms with Gasteiger partial charge in [-0.25, -0.2) is 0 Å². The number of hydrogen-bond acceptors (Lipinski definition) is 7. The van der Waals surface area contributed by atoms with E-state index < -0.39 is 0 Å². The molecule has 23 heavy (non-hydrogen) atoms. The maximum atomic E-state index is 12.0. The van der Waals surface area contributed by atoms with Crippen LogP contribution in [0.15, 0.2) is 0 Å². The standard InChI is InChI=1S/C16H20O7/c1-3-19-13(17)9-5-7-8-6-10(14(18)20-4-2)12(6)22-16(8)23-15(7)21-11(5)9/h5-12,15-16H,3-4H2,1-2H3/t5-,6-,7-,8-,9+,10?,11-,12-,15+,16+/m0/s1. The highest BCUT2D eigenvalue weighted by molar-refractivity contribution is 5.78. The average Bonchev–Trinajstić information content (AvgIpc) is 3.22. The molecule has 0 bridgehead atoms. The van der Waals surface area contributed by atoms with Crippen LogP contribution in [0.2, 0.25) is 0 Å². The van der Waals surface area contributed by atoms with Gasteiger partial charge in [0.05, 0.1) is 37.3 Å². The highest BCUT2D eigenvalue weighted by Crippen LogP contribution is 2.69. The Labute approximate surface area is 133 Å². The Morgan fingerprint density at radius 1 is 0.739 bits per heavy atom. The third-order valence-electron chi connectivity index (χ3n) is 5.94. The summed E-state index contributed by atoms with van der Waals surface area (Å²) in [4.78, 5) is 24.0. The van der Waals surface area contributed by atoms with E-state index in [1.807, 2.05) is 0 Å². The predicted octanol–water partition coefficient (Wildman–Crippen LogP) is 0.317. The van der Waals surface area contributed by atoms with Gasteiger partial charge in [-0.2, -0.15) is 0 Å². The van der Waals surface area contributed by atoms with Crippen molar-refractivity contribution in [3.05, 3.63) is 0 Å². The van der Waals surface area contributed by atoms with Crippen molar-refractivity contribution in [1.29, 1.82) is 0 Å². The van der Waals surface area contributed by atoms with Crippen LogP contribution in [-0.2, 0) is 33.3 Å². The Balaban J connectivity index is 1.32. The number of ether oxygens (including phenoxy) is 5. The molecule has 7 nitrogen and oxygen atoms in total. The zero-order chi connectivity index (χ0) is 15.9. The van der Waals surface area contributed by atoms with Gasteiger partial charge in [0.2, 0.25) is 0 Å². The fourth-order valence-corrected chi connectivity index (χ4v) is 5.05. The smallest absolute Gasteiger partial charge is 0.311 e. The molecule has 3 saturated heterocycles. The monoisotopic (exact) mass is 324 g/mol. The van der Waals surface area contributed by atoms with E-state index in [1.54, 1.807) is 13.8 Å². The first kappa shape index (κ1) is 14.2. The first-order chi connectivity index (χ1) is 11.2. The lowest BCUT2D eigenvalue weighted by atomic mass is 9.85. The molecule has 0 spiro atoms. The molecule has 0 aromatic heterocycles. The van der Waals surface area contributed by atoms with Crippen LogP contribution in [-0.4, -0.2) is 49.9 Å². The topological polar surface area (TPSA) is 80.3 Å². The van der Waals surface area contributed by atoms with Crippen LogP contribution in [0.25, 0.3) is 0 Å². The summed E-state index contributed by atoms with van der Waals surface area (Å²) >= 11 is 0. The molecule has 7 heteroatoms. The van der Waals surface area contributed by atoms with Gasteiger partial charge in [0.25, 0.3) is 0 Å². The number of fused-ring (bicyclic) bond motifs is 7. The third-order valence-corrected chi connectivity index (χ3v) is 5.94. The molecule has 0 aromatic carbocycles. The normalized spacial score (nSPS) is 53.8. The van der Waals surface area contributed by atoms with Gasteiger partial charge >= 0.3 is 11.9 Å². The predicted molar refractivity (Wildman–Crippen MR) is 72.6 cm³/mol. The molecule has 10 atom stereocenters. The Hall–Kier alpha value is -1.18. The first-order valence-corrected chi connectivity index (χ1v) is 8.47. The van der Waals surface area contributed by atoms with Crippen LogP contribution in [0.4, 0.5) is 0 Å². The van der Waals surface area contributed by atoms with Gasteiger partial charge in [0.1, 0.15) is 0 Å². The van der Waals surface area contributed by atoms with E-state index >= 15 is 0 Å². The maximum absolute atomic E-state index is 12.0. The number of esters is 2. The molecule has 0 amide bonds. The summed E-state index contributed by atoms with van der Waals surface area (Å²) in [6, 6.07) is 0. The first-order valence-electron chi connectivity index (χ1n) is 8.47. The number of rotatable bonds is 4. The van der Waals surface area contributed by atoms with Gasteiger partial charge in [-0.3, -0.25) is 9.59 Å². The molecule has 5 rings (SSSR count). The van der Waals surface area contributed by atoms with Crippen molar-refractivity contribution in [2.75, 3.05) is 13.2 Å². The van der Waals surface area contributed by atoms with Gasteiger partial charge in [-0.1, -0.05) is 0 Å². The largest absolute Gasteiger partial charge is 0.466 e. The number of hydrogen-bond donors (Lipinski definition) is 0. The van der Waals surface area contributed by atoms with Crippen LogP contribution >= 0.6 is 0 Å². The van der Waals surface area contributed by atoms with Crippen molar-refractivity contribution in [1.82, 2.24) is 0 Å². The lowest BCUT2D eigenvalue weighted by molar-refractivity contribution is -0.210. The molecule has 3 aliphatic heterocycles. The molecule has 0 N–H and O–H groups in total. The minimum atomic E-state index is -0.310. The summed E-state index contributed by atoms with van der Waals surface area (Å²) in [6.45, 7) is 4.37.